The predicted octanol–water partition coefficient (Wildman–Crippen LogP) is 4.11. The van der Waals surface area contributed by atoms with Crippen molar-refractivity contribution in [3.8, 4) is 11.5 Å². The van der Waals surface area contributed by atoms with Crippen molar-refractivity contribution in [1.29, 1.82) is 0 Å². The summed E-state index contributed by atoms with van der Waals surface area (Å²) in [6.45, 7) is 5.48. The minimum atomic E-state index is -0.0387. The van der Waals surface area contributed by atoms with E-state index in [2.05, 4.69) is 29.0 Å². The van der Waals surface area contributed by atoms with E-state index in [-0.39, 0.29) is 6.10 Å². The lowest BCUT2D eigenvalue weighted by Gasteiger charge is -2.33. The molecule has 0 spiro atoms. The van der Waals surface area contributed by atoms with Gasteiger partial charge in [0.25, 0.3) is 0 Å². The van der Waals surface area contributed by atoms with E-state index in [1.54, 1.807) is 7.11 Å². The average molecular weight is 375 g/mol. The molecule has 0 bridgehead atoms. The highest BCUT2D eigenvalue weighted by Gasteiger charge is 2.19. The van der Waals surface area contributed by atoms with Crippen molar-refractivity contribution in [3.05, 3.63) is 59.1 Å². The van der Waals surface area contributed by atoms with Crippen molar-refractivity contribution in [2.75, 3.05) is 46.9 Å². The molecule has 0 aliphatic carbocycles. The summed E-state index contributed by atoms with van der Waals surface area (Å²) >= 11 is 6.12. The molecule has 0 saturated carbocycles. The van der Waals surface area contributed by atoms with Crippen molar-refractivity contribution in [3.63, 3.8) is 0 Å². The highest BCUT2D eigenvalue weighted by molar-refractivity contribution is 6.30. The van der Waals surface area contributed by atoms with Gasteiger partial charge in [0.05, 0.1) is 7.11 Å². The summed E-state index contributed by atoms with van der Waals surface area (Å²) in [5.41, 5.74) is 1.12. The Morgan fingerprint density at radius 3 is 2.46 bits per heavy atom. The summed E-state index contributed by atoms with van der Waals surface area (Å²) < 4.78 is 11.7. The first-order chi connectivity index (χ1) is 12.6. The standard InChI is InChI=1S/C21H27ClN2O2/c1-23-11-13-24(14-12-23)10-9-21(17-5-3-7-19(15-17)25-2)26-20-8-4-6-18(22)16-20/h3-8,15-16,21H,9-14H2,1-2H3. The van der Waals surface area contributed by atoms with Gasteiger partial charge < -0.3 is 19.3 Å². The van der Waals surface area contributed by atoms with Crippen LogP contribution < -0.4 is 9.47 Å². The molecule has 4 nitrogen and oxygen atoms in total. The van der Waals surface area contributed by atoms with E-state index in [0.717, 1.165) is 56.2 Å². The van der Waals surface area contributed by atoms with E-state index < -0.39 is 0 Å². The number of methoxy groups -OCH3 is 1. The number of ether oxygens (including phenoxy) is 2. The van der Waals surface area contributed by atoms with Gasteiger partial charge in [0.1, 0.15) is 17.6 Å². The monoisotopic (exact) mass is 374 g/mol. The zero-order valence-electron chi connectivity index (χ0n) is 15.5. The number of piperazine rings is 1. The van der Waals surface area contributed by atoms with E-state index in [0.29, 0.717) is 5.02 Å². The molecular formula is C21H27ClN2O2. The number of hydrogen-bond acceptors (Lipinski definition) is 4. The van der Waals surface area contributed by atoms with Crippen LogP contribution in [0, 0.1) is 0 Å². The number of likely N-dealkylation sites (N-methyl/N-ethyl adjacent to an activating group) is 1. The summed E-state index contributed by atoms with van der Waals surface area (Å²) in [5, 5.41) is 0.686. The fourth-order valence-electron chi connectivity index (χ4n) is 3.21. The van der Waals surface area contributed by atoms with Gasteiger partial charge in [0.15, 0.2) is 0 Å². The van der Waals surface area contributed by atoms with Gasteiger partial charge in [0.2, 0.25) is 0 Å². The van der Waals surface area contributed by atoms with Crippen LogP contribution in [0.4, 0.5) is 0 Å². The lowest BCUT2D eigenvalue weighted by atomic mass is 10.1. The van der Waals surface area contributed by atoms with E-state index in [1.165, 1.54) is 0 Å². The summed E-state index contributed by atoms with van der Waals surface area (Å²) in [6, 6.07) is 15.7. The fraction of sp³-hybridized carbons (Fsp3) is 0.429. The first-order valence-electron chi connectivity index (χ1n) is 9.11. The first-order valence-corrected chi connectivity index (χ1v) is 9.49. The molecule has 1 heterocycles. The summed E-state index contributed by atoms with van der Waals surface area (Å²) in [7, 11) is 3.87. The Balaban J connectivity index is 1.72. The molecule has 1 fully saturated rings. The fourth-order valence-corrected chi connectivity index (χ4v) is 3.39. The van der Waals surface area contributed by atoms with Crippen LogP contribution in [0.2, 0.25) is 5.02 Å². The second kappa shape index (κ2) is 9.26. The van der Waals surface area contributed by atoms with Gasteiger partial charge in [-0.05, 0) is 42.9 Å². The van der Waals surface area contributed by atoms with Gasteiger partial charge in [-0.1, -0.05) is 29.8 Å². The molecule has 2 aromatic rings. The smallest absolute Gasteiger partial charge is 0.125 e. The van der Waals surface area contributed by atoms with Crippen LogP contribution in [-0.2, 0) is 0 Å². The topological polar surface area (TPSA) is 24.9 Å². The zero-order chi connectivity index (χ0) is 18.4. The van der Waals surface area contributed by atoms with Crippen molar-refractivity contribution in [1.82, 2.24) is 9.80 Å². The molecule has 0 aromatic heterocycles. The van der Waals surface area contributed by atoms with Crippen molar-refractivity contribution < 1.29 is 9.47 Å². The molecule has 5 heteroatoms. The van der Waals surface area contributed by atoms with Gasteiger partial charge in [-0.3, -0.25) is 0 Å². The van der Waals surface area contributed by atoms with Gasteiger partial charge in [0, 0.05) is 44.2 Å². The van der Waals surface area contributed by atoms with E-state index in [1.807, 2.05) is 36.4 Å². The molecule has 1 unspecified atom stereocenters. The van der Waals surface area contributed by atoms with Gasteiger partial charge in [-0.2, -0.15) is 0 Å². The van der Waals surface area contributed by atoms with E-state index in [4.69, 9.17) is 21.1 Å². The van der Waals surface area contributed by atoms with Gasteiger partial charge in [-0.25, -0.2) is 0 Å². The van der Waals surface area contributed by atoms with Crippen LogP contribution in [0.3, 0.4) is 0 Å². The number of nitrogens with zero attached hydrogens (tertiary/aromatic N) is 2. The molecule has 1 aliphatic heterocycles. The Bertz CT molecular complexity index is 702. The molecular weight excluding hydrogens is 348 g/mol. The maximum Gasteiger partial charge on any atom is 0.125 e. The number of halogens is 1. The van der Waals surface area contributed by atoms with Crippen molar-refractivity contribution in [2.45, 2.75) is 12.5 Å². The third-order valence-corrected chi connectivity index (χ3v) is 5.08. The normalized spacial score (nSPS) is 17.0. The molecule has 1 atom stereocenters. The molecule has 0 N–H and O–H groups in total. The largest absolute Gasteiger partial charge is 0.497 e. The second-order valence-electron chi connectivity index (χ2n) is 6.77. The van der Waals surface area contributed by atoms with Crippen LogP contribution in [0.15, 0.2) is 48.5 Å². The Morgan fingerprint density at radius 2 is 1.73 bits per heavy atom. The predicted molar refractivity (Wildman–Crippen MR) is 106 cm³/mol. The minimum absolute atomic E-state index is 0.0387. The molecule has 26 heavy (non-hydrogen) atoms. The van der Waals surface area contributed by atoms with Crippen LogP contribution in [-0.4, -0.2) is 56.7 Å². The molecule has 0 amide bonds. The molecule has 1 aliphatic rings. The molecule has 140 valence electrons. The SMILES string of the molecule is COc1cccc(C(CCN2CCN(C)CC2)Oc2cccc(Cl)c2)c1. The molecule has 3 rings (SSSR count). The summed E-state index contributed by atoms with van der Waals surface area (Å²) in [5.74, 6) is 1.64. The van der Waals surface area contributed by atoms with E-state index >= 15 is 0 Å². The number of benzene rings is 2. The average Bonchev–Trinajstić information content (AvgIpc) is 2.66. The molecule has 1 saturated heterocycles. The Kier molecular flexibility index (Phi) is 6.78. The van der Waals surface area contributed by atoms with Crippen LogP contribution >= 0.6 is 11.6 Å². The quantitative estimate of drug-likeness (QED) is 0.728. The highest BCUT2D eigenvalue weighted by atomic mass is 35.5. The highest BCUT2D eigenvalue weighted by Crippen LogP contribution is 2.29. The van der Waals surface area contributed by atoms with Crippen LogP contribution in [0.5, 0.6) is 11.5 Å². The molecule has 0 radical (unpaired) electrons. The number of hydrogen-bond donors (Lipinski definition) is 0. The zero-order valence-corrected chi connectivity index (χ0v) is 16.3. The van der Waals surface area contributed by atoms with Crippen LogP contribution in [0.1, 0.15) is 18.1 Å². The number of rotatable bonds is 7. The van der Waals surface area contributed by atoms with E-state index in [9.17, 15) is 0 Å². The van der Waals surface area contributed by atoms with Crippen molar-refractivity contribution >= 4 is 11.6 Å². The maximum atomic E-state index is 6.32. The van der Waals surface area contributed by atoms with Gasteiger partial charge in [-0.15, -0.1) is 0 Å². The second-order valence-corrected chi connectivity index (χ2v) is 7.21. The first kappa shape index (κ1) is 19.0. The third kappa shape index (κ3) is 5.37. The van der Waals surface area contributed by atoms with Crippen molar-refractivity contribution in [2.24, 2.45) is 0 Å². The summed E-state index contributed by atoms with van der Waals surface area (Å²) in [4.78, 5) is 4.88. The Morgan fingerprint density at radius 1 is 1.00 bits per heavy atom. The van der Waals surface area contributed by atoms with Crippen LogP contribution in [0.25, 0.3) is 0 Å². The maximum absolute atomic E-state index is 6.32. The molecule has 2 aromatic carbocycles. The Labute approximate surface area is 161 Å². The lowest BCUT2D eigenvalue weighted by molar-refractivity contribution is 0.123. The Hall–Kier alpha value is -1.75. The van der Waals surface area contributed by atoms with Gasteiger partial charge >= 0.3 is 0 Å². The lowest BCUT2D eigenvalue weighted by Crippen LogP contribution is -2.45. The minimum Gasteiger partial charge on any atom is -0.497 e. The third-order valence-electron chi connectivity index (χ3n) is 4.84. The summed E-state index contributed by atoms with van der Waals surface area (Å²) in [6.07, 6.45) is 0.881.